The lowest BCUT2D eigenvalue weighted by molar-refractivity contribution is 0.249. The first-order valence-electron chi connectivity index (χ1n) is 10.4. The molecule has 3 rings (SSSR count). The SMILES string of the molecule is CCCOc1ccc(F)cc1N1CCN(CCCCCn2c(O)csc2=O)CC1. The number of piperazine rings is 1. The fourth-order valence-electron chi connectivity index (χ4n) is 3.60. The molecule has 1 saturated heterocycles. The summed E-state index contributed by atoms with van der Waals surface area (Å²) in [5.41, 5.74) is 0.846. The number of hydrogen-bond donors (Lipinski definition) is 1. The minimum atomic E-state index is -0.234. The van der Waals surface area contributed by atoms with E-state index >= 15 is 0 Å². The fourth-order valence-corrected chi connectivity index (χ4v) is 4.24. The predicted octanol–water partition coefficient (Wildman–Crippen LogP) is 3.54. The highest BCUT2D eigenvalue weighted by atomic mass is 32.1. The van der Waals surface area contributed by atoms with E-state index in [1.165, 1.54) is 16.0 Å². The van der Waals surface area contributed by atoms with Gasteiger partial charge in [-0.3, -0.25) is 14.3 Å². The van der Waals surface area contributed by atoms with E-state index in [1.54, 1.807) is 12.1 Å². The van der Waals surface area contributed by atoms with E-state index in [-0.39, 0.29) is 16.6 Å². The average Bonchev–Trinajstić information content (AvgIpc) is 3.05. The molecule has 0 bridgehead atoms. The molecule has 2 heterocycles. The van der Waals surface area contributed by atoms with E-state index in [4.69, 9.17) is 4.74 Å². The molecule has 1 aliphatic heterocycles. The summed E-state index contributed by atoms with van der Waals surface area (Å²) in [7, 11) is 0. The van der Waals surface area contributed by atoms with Gasteiger partial charge >= 0.3 is 4.87 Å². The summed E-state index contributed by atoms with van der Waals surface area (Å²) in [6, 6.07) is 4.75. The van der Waals surface area contributed by atoms with E-state index < -0.39 is 0 Å². The van der Waals surface area contributed by atoms with Crippen LogP contribution in [0.5, 0.6) is 11.6 Å². The summed E-state index contributed by atoms with van der Waals surface area (Å²) in [5, 5.41) is 11.1. The smallest absolute Gasteiger partial charge is 0.309 e. The van der Waals surface area contributed by atoms with Crippen molar-refractivity contribution in [1.82, 2.24) is 9.47 Å². The summed E-state index contributed by atoms with van der Waals surface area (Å²) in [6.45, 7) is 7.86. The molecule has 6 nitrogen and oxygen atoms in total. The molecule has 1 aromatic carbocycles. The molecule has 1 fully saturated rings. The largest absolute Gasteiger partial charge is 0.494 e. The summed E-state index contributed by atoms with van der Waals surface area (Å²) < 4.78 is 21.0. The van der Waals surface area contributed by atoms with Gasteiger partial charge in [-0.05, 0) is 37.9 Å². The van der Waals surface area contributed by atoms with Crippen LogP contribution in [0, 0.1) is 5.82 Å². The quantitative estimate of drug-likeness (QED) is 0.593. The second-order valence-electron chi connectivity index (χ2n) is 7.36. The molecular weight excluding hydrogens is 393 g/mol. The van der Waals surface area contributed by atoms with E-state index in [0.29, 0.717) is 13.2 Å². The van der Waals surface area contributed by atoms with Gasteiger partial charge in [-0.25, -0.2) is 4.39 Å². The van der Waals surface area contributed by atoms with Crippen LogP contribution in [0.4, 0.5) is 10.1 Å². The van der Waals surface area contributed by atoms with Crippen molar-refractivity contribution < 1.29 is 14.2 Å². The van der Waals surface area contributed by atoms with E-state index in [1.807, 2.05) is 0 Å². The van der Waals surface area contributed by atoms with Crippen molar-refractivity contribution in [2.24, 2.45) is 0 Å². The van der Waals surface area contributed by atoms with Crippen molar-refractivity contribution in [2.75, 3.05) is 44.2 Å². The molecule has 0 atom stereocenters. The maximum atomic E-state index is 13.8. The predicted molar refractivity (Wildman–Crippen MR) is 115 cm³/mol. The van der Waals surface area contributed by atoms with Gasteiger partial charge in [-0.2, -0.15) is 0 Å². The van der Waals surface area contributed by atoms with Gasteiger partial charge in [0, 0.05) is 38.8 Å². The molecule has 29 heavy (non-hydrogen) atoms. The van der Waals surface area contributed by atoms with Crippen LogP contribution in [0.25, 0.3) is 0 Å². The molecule has 0 spiro atoms. The molecule has 1 aromatic heterocycles. The van der Waals surface area contributed by atoms with Crippen LogP contribution in [0.1, 0.15) is 32.6 Å². The zero-order valence-electron chi connectivity index (χ0n) is 17.0. The highest BCUT2D eigenvalue weighted by molar-refractivity contribution is 7.07. The lowest BCUT2D eigenvalue weighted by Gasteiger charge is -2.36. The Kier molecular flexibility index (Phi) is 7.94. The number of halogens is 1. The highest BCUT2D eigenvalue weighted by Gasteiger charge is 2.20. The second-order valence-corrected chi connectivity index (χ2v) is 8.18. The fraction of sp³-hybridized carbons (Fsp3) is 0.571. The number of aromatic hydroxyl groups is 1. The molecule has 160 valence electrons. The monoisotopic (exact) mass is 423 g/mol. The van der Waals surface area contributed by atoms with Gasteiger partial charge in [-0.15, -0.1) is 0 Å². The minimum absolute atomic E-state index is 0.0655. The van der Waals surface area contributed by atoms with Gasteiger partial charge < -0.3 is 14.7 Å². The third-order valence-electron chi connectivity index (χ3n) is 5.21. The molecule has 0 radical (unpaired) electrons. The lowest BCUT2D eigenvalue weighted by Crippen LogP contribution is -2.46. The van der Waals surface area contributed by atoms with Crippen molar-refractivity contribution in [1.29, 1.82) is 0 Å². The van der Waals surface area contributed by atoms with Crippen molar-refractivity contribution in [2.45, 2.75) is 39.2 Å². The number of anilines is 1. The topological polar surface area (TPSA) is 57.9 Å². The average molecular weight is 424 g/mol. The highest BCUT2D eigenvalue weighted by Crippen LogP contribution is 2.30. The van der Waals surface area contributed by atoms with Gasteiger partial charge in [0.25, 0.3) is 0 Å². The van der Waals surface area contributed by atoms with Gasteiger partial charge in [0.05, 0.1) is 17.7 Å². The van der Waals surface area contributed by atoms with Crippen LogP contribution in [-0.2, 0) is 6.54 Å². The number of benzene rings is 1. The van der Waals surface area contributed by atoms with Gasteiger partial charge in [0.15, 0.2) is 0 Å². The lowest BCUT2D eigenvalue weighted by atomic mass is 10.2. The number of nitrogens with zero attached hydrogens (tertiary/aromatic N) is 3. The van der Waals surface area contributed by atoms with Crippen molar-refractivity contribution >= 4 is 17.0 Å². The van der Waals surface area contributed by atoms with Gasteiger partial charge in [0.1, 0.15) is 11.6 Å². The Morgan fingerprint density at radius 2 is 1.90 bits per heavy atom. The minimum Gasteiger partial charge on any atom is -0.494 e. The maximum absolute atomic E-state index is 13.8. The van der Waals surface area contributed by atoms with Gasteiger partial charge in [0.2, 0.25) is 5.88 Å². The molecule has 0 saturated carbocycles. The van der Waals surface area contributed by atoms with Crippen molar-refractivity contribution in [3.05, 3.63) is 39.1 Å². The Morgan fingerprint density at radius 1 is 1.14 bits per heavy atom. The second kappa shape index (κ2) is 10.6. The molecule has 0 unspecified atom stereocenters. The zero-order valence-corrected chi connectivity index (χ0v) is 17.8. The first-order chi connectivity index (χ1) is 14.1. The molecule has 8 heteroatoms. The van der Waals surface area contributed by atoms with Crippen LogP contribution < -0.4 is 14.5 Å². The summed E-state index contributed by atoms with van der Waals surface area (Å²) in [6.07, 6.45) is 3.88. The third-order valence-corrected chi connectivity index (χ3v) is 5.96. The van der Waals surface area contributed by atoms with Crippen LogP contribution in [-0.4, -0.2) is 53.9 Å². The van der Waals surface area contributed by atoms with Crippen LogP contribution >= 0.6 is 11.3 Å². The Morgan fingerprint density at radius 3 is 2.59 bits per heavy atom. The Balaban J connectivity index is 1.40. The summed E-state index contributed by atoms with van der Waals surface area (Å²) >= 11 is 1.03. The third kappa shape index (κ3) is 5.96. The van der Waals surface area contributed by atoms with E-state index in [2.05, 4.69) is 16.7 Å². The number of rotatable bonds is 10. The zero-order chi connectivity index (χ0) is 20.6. The molecule has 2 aromatic rings. The standard InChI is InChI=1S/C21H30FN3O3S/c1-2-14-28-19-7-6-17(22)15-18(19)24-12-10-23(11-13-24)8-4-3-5-9-25-20(26)16-29-21(25)27/h6-7,15-16,26H,2-5,8-14H2,1H3. The Hall–Kier alpha value is -2.06. The summed E-state index contributed by atoms with van der Waals surface area (Å²) in [4.78, 5) is 16.1. The van der Waals surface area contributed by atoms with E-state index in [9.17, 15) is 14.3 Å². The Labute approximate surface area is 175 Å². The van der Waals surface area contributed by atoms with Crippen molar-refractivity contribution in [3.8, 4) is 11.6 Å². The maximum Gasteiger partial charge on any atom is 0.309 e. The Bertz CT molecular complexity index is 831. The first-order valence-corrected chi connectivity index (χ1v) is 11.2. The molecule has 1 N–H and O–H groups in total. The van der Waals surface area contributed by atoms with Crippen molar-refractivity contribution in [3.63, 3.8) is 0 Å². The number of aromatic nitrogens is 1. The van der Waals surface area contributed by atoms with Crippen LogP contribution in [0.15, 0.2) is 28.4 Å². The molecule has 1 aliphatic rings. The first kappa shape index (κ1) is 21.6. The number of ether oxygens (including phenoxy) is 1. The normalized spacial score (nSPS) is 15.0. The number of unbranched alkanes of at least 4 members (excludes halogenated alkanes) is 2. The van der Waals surface area contributed by atoms with E-state index in [0.717, 1.165) is 81.2 Å². The molecule has 0 aliphatic carbocycles. The molecule has 0 amide bonds. The van der Waals surface area contributed by atoms with Crippen LogP contribution in [0.2, 0.25) is 0 Å². The number of hydrogen-bond acceptors (Lipinski definition) is 6. The van der Waals surface area contributed by atoms with Crippen LogP contribution in [0.3, 0.4) is 0 Å². The summed E-state index contributed by atoms with van der Waals surface area (Å²) in [5.74, 6) is 0.589. The van der Waals surface area contributed by atoms with Gasteiger partial charge in [-0.1, -0.05) is 24.7 Å². The molecular formula is C21H30FN3O3S. The number of thiazole rings is 1.